The number of aromatic amines is 2. The van der Waals surface area contributed by atoms with E-state index in [-0.39, 0.29) is 5.56 Å². The van der Waals surface area contributed by atoms with E-state index in [2.05, 4.69) is 24.0 Å². The molecule has 0 amide bonds. The van der Waals surface area contributed by atoms with Crippen molar-refractivity contribution >= 4 is 0 Å². The fraction of sp³-hybridized carbons (Fsp3) is 0.667. The van der Waals surface area contributed by atoms with Crippen molar-refractivity contribution in [2.45, 2.75) is 39.0 Å². The van der Waals surface area contributed by atoms with Gasteiger partial charge >= 0.3 is 0 Å². The smallest absolute Gasteiger partial charge is 0.264 e. The molecule has 1 heterocycles. The van der Waals surface area contributed by atoms with Gasteiger partial charge in [0.25, 0.3) is 5.56 Å². The number of aromatic nitrogens is 2. The lowest BCUT2D eigenvalue weighted by Crippen LogP contribution is -1.97. The van der Waals surface area contributed by atoms with Crippen LogP contribution in [-0.2, 0) is 0 Å². The molecule has 68 valence electrons. The van der Waals surface area contributed by atoms with Crippen LogP contribution in [0.2, 0.25) is 0 Å². The van der Waals surface area contributed by atoms with Gasteiger partial charge in [0.05, 0.1) is 0 Å². The zero-order chi connectivity index (χ0) is 8.97. The maximum atomic E-state index is 10.8. The Kier molecular flexibility index (Phi) is 3.14. The van der Waals surface area contributed by atoms with E-state index in [4.69, 9.17) is 0 Å². The van der Waals surface area contributed by atoms with Crippen molar-refractivity contribution in [3.05, 3.63) is 22.1 Å². The summed E-state index contributed by atoms with van der Waals surface area (Å²) in [6, 6.07) is 1.66. The van der Waals surface area contributed by atoms with Gasteiger partial charge in [-0.05, 0) is 12.8 Å². The molecule has 0 saturated heterocycles. The van der Waals surface area contributed by atoms with E-state index in [0.29, 0.717) is 5.92 Å². The standard InChI is InChI=1S/C9H16N2O/c1-3-5-7(4-2)8-6-9(12)11-10-8/h6-7H,3-5H2,1-2H3,(H2,10,11,12). The average Bonchev–Trinajstić information content (AvgIpc) is 2.47. The lowest BCUT2D eigenvalue weighted by molar-refractivity contribution is 0.579. The maximum Gasteiger partial charge on any atom is 0.264 e. The maximum absolute atomic E-state index is 10.8. The SMILES string of the molecule is CCCC(CC)c1cc(=O)[nH][nH]1. The molecule has 1 atom stereocenters. The molecule has 0 aromatic carbocycles. The second-order valence-electron chi connectivity index (χ2n) is 3.11. The van der Waals surface area contributed by atoms with Gasteiger partial charge in [-0.1, -0.05) is 20.3 Å². The molecule has 3 heteroatoms. The summed E-state index contributed by atoms with van der Waals surface area (Å²) >= 11 is 0. The summed E-state index contributed by atoms with van der Waals surface area (Å²) in [7, 11) is 0. The molecule has 0 saturated carbocycles. The van der Waals surface area contributed by atoms with E-state index in [1.54, 1.807) is 6.07 Å². The number of hydrogen-bond donors (Lipinski definition) is 2. The fourth-order valence-corrected chi connectivity index (χ4v) is 1.50. The highest BCUT2D eigenvalue weighted by atomic mass is 16.1. The lowest BCUT2D eigenvalue weighted by atomic mass is 9.97. The minimum atomic E-state index is -0.0282. The third-order valence-corrected chi connectivity index (χ3v) is 2.19. The molecule has 12 heavy (non-hydrogen) atoms. The molecule has 0 aliphatic rings. The van der Waals surface area contributed by atoms with Crippen LogP contribution >= 0.6 is 0 Å². The quantitative estimate of drug-likeness (QED) is 0.709. The van der Waals surface area contributed by atoms with Crippen LogP contribution in [0.25, 0.3) is 0 Å². The summed E-state index contributed by atoms with van der Waals surface area (Å²) in [5.74, 6) is 0.508. The van der Waals surface area contributed by atoms with E-state index in [1.807, 2.05) is 0 Å². The van der Waals surface area contributed by atoms with Crippen LogP contribution in [0.5, 0.6) is 0 Å². The van der Waals surface area contributed by atoms with Crippen molar-refractivity contribution < 1.29 is 0 Å². The molecule has 0 fully saturated rings. The van der Waals surface area contributed by atoms with Gasteiger partial charge in [-0.15, -0.1) is 0 Å². The van der Waals surface area contributed by atoms with Crippen molar-refractivity contribution in [2.75, 3.05) is 0 Å². The summed E-state index contributed by atoms with van der Waals surface area (Å²) in [5, 5.41) is 5.47. The summed E-state index contributed by atoms with van der Waals surface area (Å²) in [5.41, 5.74) is 1.02. The van der Waals surface area contributed by atoms with Crippen molar-refractivity contribution in [3.8, 4) is 0 Å². The van der Waals surface area contributed by atoms with Crippen molar-refractivity contribution in [1.82, 2.24) is 10.2 Å². The normalized spacial score (nSPS) is 13.2. The lowest BCUT2D eigenvalue weighted by Gasteiger charge is -2.10. The van der Waals surface area contributed by atoms with E-state index in [1.165, 1.54) is 0 Å². The van der Waals surface area contributed by atoms with Crippen LogP contribution in [0.4, 0.5) is 0 Å². The molecule has 3 nitrogen and oxygen atoms in total. The minimum absolute atomic E-state index is 0.0282. The molecule has 1 unspecified atom stereocenters. The molecule has 0 aliphatic heterocycles. The predicted octanol–water partition coefficient (Wildman–Crippen LogP) is 2.00. The van der Waals surface area contributed by atoms with Crippen LogP contribution < -0.4 is 5.56 Å². The van der Waals surface area contributed by atoms with E-state index >= 15 is 0 Å². The van der Waals surface area contributed by atoms with Gasteiger partial charge in [0.2, 0.25) is 0 Å². The molecule has 1 rings (SSSR count). The second-order valence-corrected chi connectivity index (χ2v) is 3.11. The first-order valence-electron chi connectivity index (χ1n) is 4.55. The van der Waals surface area contributed by atoms with E-state index in [0.717, 1.165) is 25.0 Å². The molecule has 1 aromatic heterocycles. The highest BCUT2D eigenvalue weighted by Gasteiger charge is 2.09. The Hall–Kier alpha value is -0.990. The first-order chi connectivity index (χ1) is 5.77. The van der Waals surface area contributed by atoms with Gasteiger partial charge in [-0.2, -0.15) is 0 Å². The molecule has 2 N–H and O–H groups in total. The largest absolute Gasteiger partial charge is 0.302 e. The first kappa shape index (κ1) is 9.10. The Labute approximate surface area is 72.2 Å². The van der Waals surface area contributed by atoms with Crippen LogP contribution in [-0.4, -0.2) is 10.2 Å². The number of hydrogen-bond acceptors (Lipinski definition) is 1. The number of nitrogens with one attached hydrogen (secondary N) is 2. The molecule has 0 aliphatic carbocycles. The summed E-state index contributed by atoms with van der Waals surface area (Å²) in [6.45, 7) is 4.30. The zero-order valence-corrected chi connectivity index (χ0v) is 7.68. The highest BCUT2D eigenvalue weighted by Crippen LogP contribution is 2.20. The summed E-state index contributed by atoms with van der Waals surface area (Å²) < 4.78 is 0. The van der Waals surface area contributed by atoms with E-state index in [9.17, 15) is 4.79 Å². The van der Waals surface area contributed by atoms with Gasteiger partial charge in [-0.3, -0.25) is 9.89 Å². The zero-order valence-electron chi connectivity index (χ0n) is 7.68. The Morgan fingerprint density at radius 2 is 2.17 bits per heavy atom. The predicted molar refractivity (Wildman–Crippen MR) is 49.4 cm³/mol. The second kappa shape index (κ2) is 4.14. The monoisotopic (exact) mass is 168 g/mol. The van der Waals surface area contributed by atoms with Gasteiger partial charge in [0.15, 0.2) is 0 Å². The minimum Gasteiger partial charge on any atom is -0.302 e. The third-order valence-electron chi connectivity index (χ3n) is 2.19. The van der Waals surface area contributed by atoms with Crippen molar-refractivity contribution in [1.29, 1.82) is 0 Å². The van der Waals surface area contributed by atoms with Crippen molar-refractivity contribution in [2.24, 2.45) is 0 Å². The molecular weight excluding hydrogens is 152 g/mol. The van der Waals surface area contributed by atoms with E-state index < -0.39 is 0 Å². The van der Waals surface area contributed by atoms with Crippen molar-refractivity contribution in [3.63, 3.8) is 0 Å². The molecular formula is C9H16N2O. The molecule has 0 radical (unpaired) electrons. The first-order valence-corrected chi connectivity index (χ1v) is 4.55. The number of rotatable bonds is 4. The molecule has 0 spiro atoms. The molecule has 1 aromatic rings. The van der Waals surface area contributed by atoms with Crippen LogP contribution in [0.3, 0.4) is 0 Å². The van der Waals surface area contributed by atoms with Crippen LogP contribution in [0, 0.1) is 0 Å². The average molecular weight is 168 g/mol. The van der Waals surface area contributed by atoms with Gasteiger partial charge < -0.3 is 5.10 Å². The highest BCUT2D eigenvalue weighted by molar-refractivity contribution is 5.05. The molecule has 0 bridgehead atoms. The Morgan fingerprint density at radius 1 is 1.42 bits per heavy atom. The fourth-order valence-electron chi connectivity index (χ4n) is 1.50. The summed E-state index contributed by atoms with van der Waals surface area (Å²) in [4.78, 5) is 10.8. The Morgan fingerprint density at radius 3 is 2.58 bits per heavy atom. The number of H-pyrrole nitrogens is 2. The van der Waals surface area contributed by atoms with Gasteiger partial charge in [-0.25, -0.2) is 0 Å². The topological polar surface area (TPSA) is 48.6 Å². The Balaban J connectivity index is 2.72. The summed E-state index contributed by atoms with van der Waals surface area (Å²) in [6.07, 6.45) is 3.39. The van der Waals surface area contributed by atoms with Crippen LogP contribution in [0.15, 0.2) is 10.9 Å². The van der Waals surface area contributed by atoms with Gasteiger partial charge in [0, 0.05) is 17.7 Å². The third kappa shape index (κ3) is 2.00. The van der Waals surface area contributed by atoms with Crippen LogP contribution in [0.1, 0.15) is 44.7 Å². The Bertz CT molecular complexity index is 274. The van der Waals surface area contributed by atoms with Gasteiger partial charge in [0.1, 0.15) is 0 Å².